The molecule has 4 rings (SSSR count). The molecule has 6 heteroatoms. The lowest BCUT2D eigenvalue weighted by Gasteiger charge is -2.25. The number of carbonyl (C=O) groups is 2. The molecule has 32 heavy (non-hydrogen) atoms. The van der Waals surface area contributed by atoms with Gasteiger partial charge in [-0.1, -0.05) is 51.1 Å². The normalized spacial score (nSPS) is 15.0. The second-order valence-corrected chi connectivity index (χ2v) is 8.72. The molecule has 2 amide bonds. The van der Waals surface area contributed by atoms with Crippen molar-refractivity contribution in [2.45, 2.75) is 32.3 Å². The van der Waals surface area contributed by atoms with Crippen LogP contribution in [0.2, 0.25) is 0 Å². The van der Waals surface area contributed by atoms with Crippen LogP contribution in [0.3, 0.4) is 0 Å². The van der Waals surface area contributed by atoms with Gasteiger partial charge < -0.3 is 20.1 Å². The van der Waals surface area contributed by atoms with E-state index < -0.39 is 6.10 Å². The Balaban J connectivity index is 1.39. The first-order valence-electron chi connectivity index (χ1n) is 10.5. The largest absolute Gasteiger partial charge is 0.485 e. The van der Waals surface area contributed by atoms with Crippen LogP contribution in [-0.2, 0) is 10.2 Å². The van der Waals surface area contributed by atoms with Crippen molar-refractivity contribution in [2.75, 3.05) is 17.2 Å². The van der Waals surface area contributed by atoms with Crippen LogP contribution in [0.4, 0.5) is 11.4 Å². The molecule has 1 aliphatic heterocycles. The average Bonchev–Trinajstić information content (AvgIpc) is 2.78. The Bertz CT molecular complexity index is 1130. The summed E-state index contributed by atoms with van der Waals surface area (Å²) in [4.78, 5) is 25.3. The van der Waals surface area contributed by atoms with Gasteiger partial charge in [0.25, 0.3) is 11.8 Å². The summed E-state index contributed by atoms with van der Waals surface area (Å²) in [5.41, 5.74) is 2.89. The summed E-state index contributed by atoms with van der Waals surface area (Å²) < 4.78 is 11.4. The van der Waals surface area contributed by atoms with Crippen molar-refractivity contribution in [3.8, 4) is 11.5 Å². The third-order valence-electron chi connectivity index (χ3n) is 5.20. The molecule has 0 aromatic heterocycles. The maximum Gasteiger partial charge on any atom is 0.269 e. The quantitative estimate of drug-likeness (QED) is 0.610. The minimum absolute atomic E-state index is 0.0245. The number of amides is 2. The fourth-order valence-corrected chi connectivity index (χ4v) is 3.37. The Morgan fingerprint density at radius 1 is 0.844 bits per heavy atom. The minimum atomic E-state index is -0.760. The molecule has 0 bridgehead atoms. The number of hydrogen-bond donors (Lipinski definition) is 2. The van der Waals surface area contributed by atoms with E-state index in [0.29, 0.717) is 28.4 Å². The predicted molar refractivity (Wildman–Crippen MR) is 125 cm³/mol. The average molecular weight is 431 g/mol. The Morgan fingerprint density at radius 3 is 2.19 bits per heavy atom. The van der Waals surface area contributed by atoms with Gasteiger partial charge in [-0.05, 0) is 53.4 Å². The van der Waals surface area contributed by atoms with Gasteiger partial charge in [0.1, 0.15) is 6.61 Å². The molecule has 0 aliphatic carbocycles. The summed E-state index contributed by atoms with van der Waals surface area (Å²) in [5, 5.41) is 5.70. The van der Waals surface area contributed by atoms with E-state index in [1.54, 1.807) is 36.4 Å². The van der Waals surface area contributed by atoms with Crippen LogP contribution in [0.5, 0.6) is 11.5 Å². The van der Waals surface area contributed by atoms with Gasteiger partial charge in [-0.2, -0.15) is 0 Å². The smallest absolute Gasteiger partial charge is 0.269 e. The van der Waals surface area contributed by atoms with Gasteiger partial charge in [0.2, 0.25) is 6.10 Å². The third-order valence-corrected chi connectivity index (χ3v) is 5.20. The van der Waals surface area contributed by atoms with Crippen LogP contribution in [-0.4, -0.2) is 24.5 Å². The number of fused-ring (bicyclic) bond motifs is 1. The predicted octanol–water partition coefficient (Wildman–Crippen LogP) is 5.01. The fraction of sp³-hybridized carbons (Fsp3) is 0.231. The first-order valence-corrected chi connectivity index (χ1v) is 10.5. The summed E-state index contributed by atoms with van der Waals surface area (Å²) in [6.07, 6.45) is -0.760. The number of ether oxygens (including phenoxy) is 2. The molecular weight excluding hydrogens is 404 g/mol. The zero-order chi connectivity index (χ0) is 22.7. The summed E-state index contributed by atoms with van der Waals surface area (Å²) in [6.45, 7) is 6.52. The first-order chi connectivity index (χ1) is 15.3. The summed E-state index contributed by atoms with van der Waals surface area (Å²) in [5.74, 6) is 0.629. The van der Waals surface area contributed by atoms with Gasteiger partial charge >= 0.3 is 0 Å². The highest BCUT2D eigenvalue weighted by Gasteiger charge is 2.27. The molecule has 164 valence electrons. The maximum atomic E-state index is 12.6. The number of hydrogen-bond acceptors (Lipinski definition) is 4. The van der Waals surface area contributed by atoms with E-state index in [9.17, 15) is 9.59 Å². The molecule has 1 aliphatic rings. The second-order valence-electron chi connectivity index (χ2n) is 8.72. The number of benzene rings is 3. The highest BCUT2D eigenvalue weighted by Crippen LogP contribution is 2.31. The molecule has 1 atom stereocenters. The Labute approximate surface area is 187 Å². The van der Waals surface area contributed by atoms with Crippen molar-refractivity contribution >= 4 is 23.2 Å². The molecule has 0 radical (unpaired) electrons. The number of para-hydroxylation sites is 2. The van der Waals surface area contributed by atoms with E-state index >= 15 is 0 Å². The van der Waals surface area contributed by atoms with Crippen molar-refractivity contribution in [1.29, 1.82) is 0 Å². The lowest BCUT2D eigenvalue weighted by Crippen LogP contribution is -2.40. The monoisotopic (exact) mass is 430 g/mol. The Morgan fingerprint density at radius 2 is 1.50 bits per heavy atom. The van der Waals surface area contributed by atoms with Gasteiger partial charge in [-0.15, -0.1) is 0 Å². The van der Waals surface area contributed by atoms with E-state index in [1.807, 2.05) is 36.4 Å². The molecule has 1 heterocycles. The van der Waals surface area contributed by atoms with Crippen LogP contribution >= 0.6 is 0 Å². The highest BCUT2D eigenvalue weighted by molar-refractivity contribution is 6.04. The molecule has 2 N–H and O–H groups in total. The van der Waals surface area contributed by atoms with Crippen molar-refractivity contribution in [3.05, 3.63) is 83.9 Å². The van der Waals surface area contributed by atoms with Crippen LogP contribution in [0.25, 0.3) is 0 Å². The van der Waals surface area contributed by atoms with E-state index in [-0.39, 0.29) is 23.8 Å². The van der Waals surface area contributed by atoms with Crippen LogP contribution in [0.1, 0.15) is 36.7 Å². The van der Waals surface area contributed by atoms with E-state index in [0.717, 1.165) is 5.56 Å². The zero-order valence-electron chi connectivity index (χ0n) is 18.3. The fourth-order valence-electron chi connectivity index (χ4n) is 3.37. The van der Waals surface area contributed by atoms with Crippen molar-refractivity contribution in [1.82, 2.24) is 0 Å². The van der Waals surface area contributed by atoms with Gasteiger partial charge in [0.05, 0.1) is 0 Å². The van der Waals surface area contributed by atoms with E-state index in [4.69, 9.17) is 9.47 Å². The van der Waals surface area contributed by atoms with E-state index in [1.165, 1.54) is 0 Å². The zero-order valence-corrected chi connectivity index (χ0v) is 18.3. The van der Waals surface area contributed by atoms with E-state index in [2.05, 4.69) is 31.4 Å². The van der Waals surface area contributed by atoms with Crippen LogP contribution in [0.15, 0.2) is 72.8 Å². The topological polar surface area (TPSA) is 76.7 Å². The third kappa shape index (κ3) is 4.91. The van der Waals surface area contributed by atoms with Crippen LogP contribution in [0, 0.1) is 0 Å². The molecule has 3 aromatic rings. The van der Waals surface area contributed by atoms with Gasteiger partial charge in [-0.3, -0.25) is 9.59 Å². The second kappa shape index (κ2) is 8.75. The molecule has 0 spiro atoms. The Kier molecular flexibility index (Phi) is 5.86. The summed E-state index contributed by atoms with van der Waals surface area (Å²) in [7, 11) is 0. The van der Waals surface area contributed by atoms with Crippen molar-refractivity contribution in [3.63, 3.8) is 0 Å². The van der Waals surface area contributed by atoms with Crippen LogP contribution < -0.4 is 20.1 Å². The molecule has 6 nitrogen and oxygen atoms in total. The van der Waals surface area contributed by atoms with Gasteiger partial charge in [0.15, 0.2) is 11.5 Å². The summed E-state index contributed by atoms with van der Waals surface area (Å²) >= 11 is 0. The van der Waals surface area contributed by atoms with Crippen molar-refractivity contribution in [2.24, 2.45) is 0 Å². The Hall–Kier alpha value is -3.80. The van der Waals surface area contributed by atoms with Gasteiger partial charge in [0, 0.05) is 16.9 Å². The standard InChI is InChI=1S/C26H26N2O4/c1-26(2,3)18-13-11-17(12-14-18)24(29)27-19-7-6-8-20(15-19)28-25(30)23-16-31-21-9-4-5-10-22(21)32-23/h4-15,23H,16H2,1-3H3,(H,27,29)(H,28,30). The molecule has 0 saturated heterocycles. The van der Waals surface area contributed by atoms with Gasteiger partial charge in [-0.25, -0.2) is 0 Å². The number of rotatable bonds is 4. The molecule has 1 unspecified atom stereocenters. The lowest BCUT2D eigenvalue weighted by atomic mass is 9.87. The minimum Gasteiger partial charge on any atom is -0.485 e. The lowest BCUT2D eigenvalue weighted by molar-refractivity contribution is -0.125. The number of carbonyl (C=O) groups excluding carboxylic acids is 2. The number of nitrogens with one attached hydrogen (secondary N) is 2. The first kappa shape index (κ1) is 21.4. The maximum absolute atomic E-state index is 12.6. The highest BCUT2D eigenvalue weighted by atomic mass is 16.6. The molecule has 0 saturated carbocycles. The summed E-state index contributed by atoms with van der Waals surface area (Å²) in [6, 6.07) is 21.8. The molecule has 3 aromatic carbocycles. The number of anilines is 2. The molecular formula is C26H26N2O4. The van der Waals surface area contributed by atoms with Crippen molar-refractivity contribution < 1.29 is 19.1 Å². The SMILES string of the molecule is CC(C)(C)c1ccc(C(=O)Nc2cccc(NC(=O)C3COc4ccccc4O3)c2)cc1. The molecule has 0 fully saturated rings.